The SMILES string of the molecule is C=CCC(CO[Si](C)(C)C)(OC)O[Si](C)(C)C. The van der Waals surface area contributed by atoms with Crippen molar-refractivity contribution in [1.82, 2.24) is 0 Å². The van der Waals surface area contributed by atoms with Crippen LogP contribution in [-0.4, -0.2) is 36.1 Å². The van der Waals surface area contributed by atoms with Crippen molar-refractivity contribution in [3.8, 4) is 0 Å². The van der Waals surface area contributed by atoms with Crippen LogP contribution < -0.4 is 0 Å². The normalized spacial score (nSPS) is 16.6. The Morgan fingerprint density at radius 2 is 1.59 bits per heavy atom. The Labute approximate surface area is 108 Å². The molecule has 17 heavy (non-hydrogen) atoms. The van der Waals surface area contributed by atoms with Crippen LogP contribution >= 0.6 is 0 Å². The molecule has 0 aromatic heterocycles. The zero-order valence-corrected chi connectivity index (χ0v) is 14.4. The summed E-state index contributed by atoms with van der Waals surface area (Å²) in [6.07, 6.45) is 2.48. The van der Waals surface area contributed by atoms with Gasteiger partial charge in [-0.15, -0.1) is 6.58 Å². The first-order chi connectivity index (χ1) is 7.54. The summed E-state index contributed by atoms with van der Waals surface area (Å²) in [5, 5.41) is 0. The summed E-state index contributed by atoms with van der Waals surface area (Å²) >= 11 is 0. The predicted molar refractivity (Wildman–Crippen MR) is 78.3 cm³/mol. The van der Waals surface area contributed by atoms with Gasteiger partial charge in [-0.1, -0.05) is 6.08 Å². The third-order valence-electron chi connectivity index (χ3n) is 2.04. The van der Waals surface area contributed by atoms with Crippen LogP contribution in [-0.2, 0) is 13.6 Å². The van der Waals surface area contributed by atoms with Crippen LogP contribution in [0.15, 0.2) is 12.7 Å². The van der Waals surface area contributed by atoms with E-state index in [2.05, 4.69) is 45.9 Å². The average Bonchev–Trinajstić information content (AvgIpc) is 2.11. The lowest BCUT2D eigenvalue weighted by molar-refractivity contribution is -0.187. The molecule has 0 N–H and O–H groups in total. The molecule has 3 nitrogen and oxygen atoms in total. The van der Waals surface area contributed by atoms with Crippen molar-refractivity contribution in [2.75, 3.05) is 13.7 Å². The smallest absolute Gasteiger partial charge is 0.187 e. The fraction of sp³-hybridized carbons (Fsp3) is 0.833. The molecule has 0 fully saturated rings. The topological polar surface area (TPSA) is 27.7 Å². The first-order valence-electron chi connectivity index (χ1n) is 6.04. The lowest BCUT2D eigenvalue weighted by Gasteiger charge is -2.38. The molecule has 0 aliphatic heterocycles. The van der Waals surface area contributed by atoms with Gasteiger partial charge in [0.2, 0.25) is 0 Å². The summed E-state index contributed by atoms with van der Waals surface area (Å²) in [6, 6.07) is 0. The van der Waals surface area contributed by atoms with Crippen molar-refractivity contribution < 1.29 is 13.6 Å². The monoisotopic (exact) mass is 276 g/mol. The van der Waals surface area contributed by atoms with Crippen LogP contribution in [0.25, 0.3) is 0 Å². The van der Waals surface area contributed by atoms with E-state index in [9.17, 15) is 0 Å². The van der Waals surface area contributed by atoms with Crippen LogP contribution in [0.4, 0.5) is 0 Å². The first-order valence-corrected chi connectivity index (χ1v) is 12.9. The number of methoxy groups -OCH3 is 1. The highest BCUT2D eigenvalue weighted by Crippen LogP contribution is 2.25. The van der Waals surface area contributed by atoms with Crippen LogP contribution in [0.3, 0.4) is 0 Å². The van der Waals surface area contributed by atoms with E-state index in [0.29, 0.717) is 13.0 Å². The molecule has 0 bridgehead atoms. The minimum Gasteiger partial charge on any atom is -0.412 e. The fourth-order valence-electron chi connectivity index (χ4n) is 1.42. The van der Waals surface area contributed by atoms with Gasteiger partial charge in [0.25, 0.3) is 0 Å². The summed E-state index contributed by atoms with van der Waals surface area (Å²) in [5.74, 6) is -0.660. The van der Waals surface area contributed by atoms with Gasteiger partial charge in [0.1, 0.15) is 0 Å². The Morgan fingerprint density at radius 1 is 1.06 bits per heavy atom. The Balaban J connectivity index is 4.76. The average molecular weight is 277 g/mol. The van der Waals surface area contributed by atoms with E-state index in [-0.39, 0.29) is 0 Å². The van der Waals surface area contributed by atoms with Gasteiger partial charge in [0, 0.05) is 13.5 Å². The van der Waals surface area contributed by atoms with Crippen LogP contribution in [0.5, 0.6) is 0 Å². The molecular formula is C12H28O3Si2. The highest BCUT2D eigenvalue weighted by atomic mass is 28.4. The zero-order valence-electron chi connectivity index (χ0n) is 12.4. The molecule has 0 aliphatic carbocycles. The van der Waals surface area contributed by atoms with E-state index in [1.807, 2.05) is 6.08 Å². The van der Waals surface area contributed by atoms with Gasteiger partial charge in [-0.3, -0.25) is 0 Å². The quantitative estimate of drug-likeness (QED) is 0.385. The van der Waals surface area contributed by atoms with Gasteiger partial charge in [0.05, 0.1) is 6.61 Å². The minimum absolute atomic E-state index is 0.482. The van der Waals surface area contributed by atoms with Crippen LogP contribution in [0, 0.1) is 0 Å². The molecule has 0 saturated heterocycles. The number of ether oxygens (including phenoxy) is 1. The second-order valence-electron chi connectivity index (χ2n) is 6.22. The molecule has 0 radical (unpaired) electrons. The van der Waals surface area contributed by atoms with Crippen molar-refractivity contribution in [1.29, 1.82) is 0 Å². The number of hydrogen-bond acceptors (Lipinski definition) is 3. The molecule has 102 valence electrons. The Morgan fingerprint density at radius 3 is 1.88 bits per heavy atom. The van der Waals surface area contributed by atoms with E-state index in [1.165, 1.54) is 0 Å². The third-order valence-corrected chi connectivity index (χ3v) is 4.04. The molecule has 1 atom stereocenters. The molecule has 0 saturated carbocycles. The summed E-state index contributed by atoms with van der Waals surface area (Å²) in [6.45, 7) is 17.2. The molecule has 0 aromatic carbocycles. The Hall–Kier alpha value is 0.0538. The lowest BCUT2D eigenvalue weighted by Crippen LogP contribution is -2.49. The van der Waals surface area contributed by atoms with Gasteiger partial charge in [0.15, 0.2) is 22.4 Å². The van der Waals surface area contributed by atoms with Gasteiger partial charge in [-0.2, -0.15) is 0 Å². The third kappa shape index (κ3) is 7.88. The fourth-order valence-corrected chi connectivity index (χ4v) is 3.41. The maximum Gasteiger partial charge on any atom is 0.187 e. The maximum absolute atomic E-state index is 6.15. The molecular weight excluding hydrogens is 248 g/mol. The maximum atomic E-state index is 6.15. The molecule has 0 rings (SSSR count). The van der Waals surface area contributed by atoms with Crippen molar-refractivity contribution in [2.24, 2.45) is 0 Å². The Bertz CT molecular complexity index is 243. The van der Waals surface area contributed by atoms with Crippen LogP contribution in [0.1, 0.15) is 6.42 Å². The second kappa shape index (κ2) is 6.29. The zero-order chi connectivity index (χ0) is 13.7. The van der Waals surface area contributed by atoms with Gasteiger partial charge >= 0.3 is 0 Å². The minimum atomic E-state index is -1.68. The molecule has 1 unspecified atom stereocenters. The molecule has 0 amide bonds. The van der Waals surface area contributed by atoms with E-state index < -0.39 is 22.4 Å². The predicted octanol–water partition coefficient (Wildman–Crippen LogP) is 3.61. The molecule has 0 aliphatic rings. The highest BCUT2D eigenvalue weighted by molar-refractivity contribution is 6.70. The summed E-state index contributed by atoms with van der Waals surface area (Å²) in [7, 11) is -1.57. The van der Waals surface area contributed by atoms with Crippen molar-refractivity contribution in [3.05, 3.63) is 12.7 Å². The van der Waals surface area contributed by atoms with E-state index in [1.54, 1.807) is 7.11 Å². The lowest BCUT2D eigenvalue weighted by atomic mass is 10.2. The largest absolute Gasteiger partial charge is 0.412 e. The van der Waals surface area contributed by atoms with Crippen molar-refractivity contribution in [3.63, 3.8) is 0 Å². The molecule has 5 heteroatoms. The van der Waals surface area contributed by atoms with Crippen LogP contribution in [0.2, 0.25) is 39.3 Å². The van der Waals surface area contributed by atoms with Gasteiger partial charge in [-0.25, -0.2) is 0 Å². The van der Waals surface area contributed by atoms with Gasteiger partial charge < -0.3 is 13.6 Å². The summed E-state index contributed by atoms with van der Waals surface area (Å²) in [5.41, 5.74) is 0. The van der Waals surface area contributed by atoms with E-state index >= 15 is 0 Å². The summed E-state index contributed by atoms with van der Waals surface area (Å²) < 4.78 is 17.7. The molecule has 0 aromatic rings. The van der Waals surface area contributed by atoms with Gasteiger partial charge in [-0.05, 0) is 39.3 Å². The first kappa shape index (κ1) is 17.1. The number of hydrogen-bond donors (Lipinski definition) is 0. The molecule has 0 spiro atoms. The van der Waals surface area contributed by atoms with Crippen molar-refractivity contribution in [2.45, 2.75) is 51.5 Å². The van der Waals surface area contributed by atoms with Crippen molar-refractivity contribution >= 4 is 16.6 Å². The standard InChI is InChI=1S/C12H28O3Si2/c1-9-10-12(13-2,15-17(6,7)8)11-14-16(3,4)5/h9H,1,10-11H2,2-8H3. The second-order valence-corrected chi connectivity index (χ2v) is 15.2. The van der Waals surface area contributed by atoms with E-state index in [0.717, 1.165) is 0 Å². The Kier molecular flexibility index (Phi) is 6.31. The summed E-state index contributed by atoms with van der Waals surface area (Å²) in [4.78, 5) is 0. The molecule has 0 heterocycles. The highest BCUT2D eigenvalue weighted by Gasteiger charge is 2.36. The number of rotatable bonds is 8. The van der Waals surface area contributed by atoms with E-state index in [4.69, 9.17) is 13.6 Å².